The Labute approximate surface area is 184 Å². The van der Waals surface area contributed by atoms with Crippen LogP contribution < -0.4 is 16.6 Å². The summed E-state index contributed by atoms with van der Waals surface area (Å²) >= 11 is 6.19. The molecule has 31 heavy (non-hydrogen) atoms. The molecule has 1 aromatic heterocycles. The highest BCUT2D eigenvalue weighted by Crippen LogP contribution is 2.26. The summed E-state index contributed by atoms with van der Waals surface area (Å²) in [5, 5.41) is 4.12. The van der Waals surface area contributed by atoms with E-state index in [-0.39, 0.29) is 24.9 Å². The molecule has 4 rings (SSSR count). The van der Waals surface area contributed by atoms with Gasteiger partial charge in [-0.25, -0.2) is 4.79 Å². The van der Waals surface area contributed by atoms with Gasteiger partial charge in [0.25, 0.3) is 5.56 Å². The molecule has 7 nitrogen and oxygen atoms in total. The molecule has 8 heteroatoms. The van der Waals surface area contributed by atoms with Crippen LogP contribution in [-0.4, -0.2) is 40.0 Å². The van der Waals surface area contributed by atoms with Crippen molar-refractivity contribution in [3.63, 3.8) is 0 Å². The lowest BCUT2D eigenvalue weighted by molar-refractivity contribution is -0.121. The van der Waals surface area contributed by atoms with Gasteiger partial charge in [-0.05, 0) is 55.8 Å². The van der Waals surface area contributed by atoms with E-state index in [1.54, 1.807) is 24.3 Å². The Balaban J connectivity index is 1.44. The molecular formula is C23H25ClN4O3. The molecule has 0 aliphatic carbocycles. The molecule has 1 saturated heterocycles. The van der Waals surface area contributed by atoms with Gasteiger partial charge < -0.3 is 5.32 Å². The first-order valence-electron chi connectivity index (χ1n) is 10.5. The Morgan fingerprint density at radius 3 is 2.65 bits per heavy atom. The minimum absolute atomic E-state index is 0.0572. The number of amides is 1. The monoisotopic (exact) mass is 440 g/mol. The fraction of sp³-hybridized carbons (Fsp3) is 0.348. The molecule has 1 unspecified atom stereocenters. The van der Waals surface area contributed by atoms with Crippen molar-refractivity contribution in [3.05, 3.63) is 80.0 Å². The molecule has 3 aromatic rings. The van der Waals surface area contributed by atoms with Crippen LogP contribution in [0.3, 0.4) is 0 Å². The molecule has 162 valence electrons. The molecule has 2 aromatic carbocycles. The summed E-state index contributed by atoms with van der Waals surface area (Å²) in [7, 11) is 0. The number of nitrogens with zero attached hydrogens (tertiary/aromatic N) is 2. The number of likely N-dealkylation sites (tertiary alicyclic amines) is 1. The number of H-pyrrole nitrogens is 1. The zero-order valence-corrected chi connectivity index (χ0v) is 17.9. The van der Waals surface area contributed by atoms with E-state index < -0.39 is 11.2 Å². The van der Waals surface area contributed by atoms with Crippen molar-refractivity contribution >= 4 is 28.4 Å². The van der Waals surface area contributed by atoms with E-state index in [4.69, 9.17) is 11.6 Å². The molecule has 2 N–H and O–H groups in total. The van der Waals surface area contributed by atoms with Crippen molar-refractivity contribution < 1.29 is 4.79 Å². The quantitative estimate of drug-likeness (QED) is 0.591. The van der Waals surface area contributed by atoms with Gasteiger partial charge in [-0.1, -0.05) is 35.9 Å². The molecule has 1 aliphatic heterocycles. The van der Waals surface area contributed by atoms with E-state index in [1.165, 1.54) is 4.57 Å². The van der Waals surface area contributed by atoms with E-state index in [9.17, 15) is 14.4 Å². The summed E-state index contributed by atoms with van der Waals surface area (Å²) in [6.07, 6.45) is 2.43. The third kappa shape index (κ3) is 4.89. The smallest absolute Gasteiger partial charge is 0.328 e. The SMILES string of the molecule is O=C(CCn1c(=O)[nH]c(=O)c2ccccc21)NCC(c1cccc(Cl)c1)N1CCCC1. The van der Waals surface area contributed by atoms with E-state index in [2.05, 4.69) is 15.2 Å². The Morgan fingerprint density at radius 1 is 1.10 bits per heavy atom. The standard InChI is InChI=1S/C23H25ClN4O3/c24-17-7-5-6-16(14-17)20(27-11-3-4-12-27)15-25-21(29)10-13-28-19-9-2-1-8-18(19)22(30)26-23(28)31/h1-2,5-9,14,20H,3-4,10-13,15H2,(H,25,29)(H,26,30,31). The van der Waals surface area contributed by atoms with Crippen LogP contribution in [0.2, 0.25) is 5.02 Å². The highest BCUT2D eigenvalue weighted by Gasteiger charge is 2.24. The van der Waals surface area contributed by atoms with Crippen LogP contribution in [-0.2, 0) is 11.3 Å². The molecule has 1 aliphatic rings. The number of benzene rings is 2. The molecule has 0 saturated carbocycles. The number of halogens is 1. The first kappa shape index (κ1) is 21.3. The summed E-state index contributed by atoms with van der Waals surface area (Å²) in [6.45, 7) is 2.64. The van der Waals surface area contributed by atoms with Crippen LogP contribution in [0.25, 0.3) is 10.9 Å². The topological polar surface area (TPSA) is 87.2 Å². The average Bonchev–Trinajstić information content (AvgIpc) is 3.28. The average molecular weight is 441 g/mol. The second kappa shape index (κ2) is 9.49. The van der Waals surface area contributed by atoms with Crippen LogP contribution >= 0.6 is 11.6 Å². The van der Waals surface area contributed by atoms with Gasteiger partial charge in [-0.15, -0.1) is 0 Å². The number of hydrogen-bond acceptors (Lipinski definition) is 4. The Kier molecular flexibility index (Phi) is 6.53. The predicted molar refractivity (Wildman–Crippen MR) is 121 cm³/mol. The summed E-state index contributed by atoms with van der Waals surface area (Å²) in [5.41, 5.74) is 0.678. The lowest BCUT2D eigenvalue weighted by Gasteiger charge is -2.28. The van der Waals surface area contributed by atoms with Crippen LogP contribution in [0, 0.1) is 0 Å². The van der Waals surface area contributed by atoms with Gasteiger partial charge in [-0.2, -0.15) is 0 Å². The number of nitrogens with one attached hydrogen (secondary N) is 2. The number of aromatic amines is 1. The number of carbonyl (C=O) groups is 1. The van der Waals surface area contributed by atoms with Crippen molar-refractivity contribution in [1.82, 2.24) is 19.8 Å². The normalized spacial score (nSPS) is 15.3. The van der Waals surface area contributed by atoms with E-state index in [0.29, 0.717) is 22.5 Å². The van der Waals surface area contributed by atoms with Crippen LogP contribution in [0.4, 0.5) is 0 Å². The number of aromatic nitrogens is 2. The maximum Gasteiger partial charge on any atom is 0.328 e. The minimum atomic E-state index is -0.509. The second-order valence-electron chi connectivity index (χ2n) is 7.80. The number of hydrogen-bond donors (Lipinski definition) is 2. The maximum absolute atomic E-state index is 12.6. The molecule has 2 heterocycles. The summed E-state index contributed by atoms with van der Waals surface area (Å²) in [6, 6.07) is 14.7. The van der Waals surface area contributed by atoms with Crippen LogP contribution in [0.15, 0.2) is 58.1 Å². The lowest BCUT2D eigenvalue weighted by atomic mass is 10.1. The predicted octanol–water partition coefficient (Wildman–Crippen LogP) is 2.69. The fourth-order valence-corrected chi connectivity index (χ4v) is 4.40. The Bertz CT molecular complexity index is 1200. The molecule has 1 amide bonds. The minimum Gasteiger partial charge on any atom is -0.354 e. The highest BCUT2D eigenvalue weighted by atomic mass is 35.5. The third-order valence-electron chi connectivity index (χ3n) is 5.78. The van der Waals surface area contributed by atoms with Gasteiger partial charge in [0.2, 0.25) is 5.91 Å². The van der Waals surface area contributed by atoms with Crippen LogP contribution in [0.1, 0.15) is 30.9 Å². The Morgan fingerprint density at radius 2 is 1.87 bits per heavy atom. The molecule has 0 radical (unpaired) electrons. The molecular weight excluding hydrogens is 416 g/mol. The van der Waals surface area contributed by atoms with Gasteiger partial charge >= 0.3 is 5.69 Å². The Hall–Kier alpha value is -2.90. The largest absolute Gasteiger partial charge is 0.354 e. The van der Waals surface area contributed by atoms with Crippen molar-refractivity contribution in [2.24, 2.45) is 0 Å². The fourth-order valence-electron chi connectivity index (χ4n) is 4.20. The molecule has 0 spiro atoms. The number of carbonyl (C=O) groups excluding carboxylic acids is 1. The second-order valence-corrected chi connectivity index (χ2v) is 8.23. The van der Waals surface area contributed by atoms with Gasteiger partial charge in [0, 0.05) is 24.5 Å². The van der Waals surface area contributed by atoms with Crippen molar-refractivity contribution in [3.8, 4) is 0 Å². The number of fused-ring (bicyclic) bond motifs is 1. The zero-order chi connectivity index (χ0) is 21.8. The number of aryl methyl sites for hydroxylation is 1. The molecule has 1 fully saturated rings. The van der Waals surface area contributed by atoms with Crippen LogP contribution in [0.5, 0.6) is 0 Å². The maximum atomic E-state index is 12.6. The molecule has 0 bridgehead atoms. The van der Waals surface area contributed by atoms with Crippen molar-refractivity contribution in [1.29, 1.82) is 0 Å². The van der Waals surface area contributed by atoms with E-state index in [1.807, 2.05) is 24.3 Å². The first-order valence-corrected chi connectivity index (χ1v) is 10.9. The number of para-hydroxylation sites is 1. The summed E-state index contributed by atoms with van der Waals surface area (Å²) < 4.78 is 1.44. The van der Waals surface area contributed by atoms with Gasteiger partial charge in [0.15, 0.2) is 0 Å². The summed E-state index contributed by atoms with van der Waals surface area (Å²) in [5.74, 6) is -0.145. The van der Waals surface area contributed by atoms with Crippen molar-refractivity contribution in [2.45, 2.75) is 31.8 Å². The number of rotatable bonds is 7. The molecule has 1 atom stereocenters. The van der Waals surface area contributed by atoms with E-state index >= 15 is 0 Å². The third-order valence-corrected chi connectivity index (χ3v) is 6.01. The van der Waals surface area contributed by atoms with Gasteiger partial charge in [0.05, 0.1) is 16.9 Å². The highest BCUT2D eigenvalue weighted by molar-refractivity contribution is 6.30. The zero-order valence-electron chi connectivity index (χ0n) is 17.1. The first-order chi connectivity index (χ1) is 15.0. The van der Waals surface area contributed by atoms with Gasteiger partial charge in [-0.3, -0.25) is 24.0 Å². The lowest BCUT2D eigenvalue weighted by Crippen LogP contribution is -2.37. The summed E-state index contributed by atoms with van der Waals surface area (Å²) in [4.78, 5) is 41.6. The van der Waals surface area contributed by atoms with Crippen molar-refractivity contribution in [2.75, 3.05) is 19.6 Å². The van der Waals surface area contributed by atoms with Gasteiger partial charge in [0.1, 0.15) is 0 Å². The van der Waals surface area contributed by atoms with E-state index in [0.717, 1.165) is 31.5 Å².